The summed E-state index contributed by atoms with van der Waals surface area (Å²) in [4.78, 5) is 44.0. The lowest BCUT2D eigenvalue weighted by atomic mass is 9.97. The molecule has 2 aliphatic heterocycles. The van der Waals surface area contributed by atoms with Crippen molar-refractivity contribution < 1.29 is 9.59 Å². The van der Waals surface area contributed by atoms with Crippen molar-refractivity contribution in [2.24, 2.45) is 5.92 Å². The Hall–Kier alpha value is -4.15. The third-order valence-electron chi connectivity index (χ3n) is 6.99. The monoisotopic (exact) mass is 537 g/mol. The van der Waals surface area contributed by atoms with E-state index in [1.807, 2.05) is 24.5 Å². The summed E-state index contributed by atoms with van der Waals surface area (Å²) in [5, 5.41) is 7.77. The van der Waals surface area contributed by atoms with Gasteiger partial charge < -0.3 is 10.2 Å². The van der Waals surface area contributed by atoms with Gasteiger partial charge in [0.1, 0.15) is 0 Å². The molecular weight excluding hydrogens is 510 g/mol. The lowest BCUT2D eigenvalue weighted by Gasteiger charge is -2.32. The molecule has 0 atom stereocenters. The van der Waals surface area contributed by atoms with Crippen molar-refractivity contribution in [1.82, 2.24) is 30.6 Å². The van der Waals surface area contributed by atoms with E-state index in [-0.39, 0.29) is 11.1 Å². The number of nitrogens with zero attached hydrogens (tertiary/aromatic N) is 5. The molecule has 10 heteroatoms. The van der Waals surface area contributed by atoms with Crippen LogP contribution in [0.4, 0.5) is 10.7 Å². The largest absolute Gasteiger partial charge is 0.341 e. The average molecular weight is 538 g/mol. The first-order chi connectivity index (χ1) is 19.1. The maximum atomic E-state index is 11.8. The van der Waals surface area contributed by atoms with Crippen LogP contribution in [0.25, 0.3) is 28.1 Å². The van der Waals surface area contributed by atoms with E-state index in [2.05, 4.69) is 60.8 Å². The van der Waals surface area contributed by atoms with E-state index in [4.69, 9.17) is 4.98 Å². The van der Waals surface area contributed by atoms with E-state index >= 15 is 0 Å². The molecular formula is C29H27N7O2S. The Morgan fingerprint density at radius 1 is 1.03 bits per heavy atom. The highest BCUT2D eigenvalue weighted by Gasteiger charge is 2.25. The number of rotatable bonds is 7. The average Bonchev–Trinajstić information content (AvgIpc) is 3.29. The van der Waals surface area contributed by atoms with Gasteiger partial charge in [-0.3, -0.25) is 24.9 Å². The second kappa shape index (κ2) is 11.3. The van der Waals surface area contributed by atoms with Crippen molar-refractivity contribution >= 4 is 45.7 Å². The summed E-state index contributed by atoms with van der Waals surface area (Å²) in [6, 6.07) is 16.2. The van der Waals surface area contributed by atoms with Gasteiger partial charge in [0.2, 0.25) is 5.95 Å². The van der Waals surface area contributed by atoms with Gasteiger partial charge in [-0.25, -0.2) is 9.97 Å². The minimum atomic E-state index is -0.383. The Kier molecular flexibility index (Phi) is 7.29. The Labute approximate surface area is 230 Å². The molecule has 1 aromatic carbocycles. The lowest BCUT2D eigenvalue weighted by Crippen LogP contribution is -2.38. The number of piperidine rings is 1. The topological polar surface area (TPSA) is 113 Å². The fourth-order valence-electron chi connectivity index (χ4n) is 4.97. The summed E-state index contributed by atoms with van der Waals surface area (Å²) in [6.07, 6.45) is 9.10. The molecule has 6 rings (SSSR count). The summed E-state index contributed by atoms with van der Waals surface area (Å²) in [7, 11) is 0. The van der Waals surface area contributed by atoms with Gasteiger partial charge in [-0.2, -0.15) is 0 Å². The Bertz CT molecular complexity index is 1560. The molecule has 2 aliphatic rings. The van der Waals surface area contributed by atoms with Crippen LogP contribution in [0, 0.1) is 5.92 Å². The first-order valence-corrected chi connectivity index (χ1v) is 13.8. The third-order valence-corrected chi connectivity index (χ3v) is 7.80. The van der Waals surface area contributed by atoms with Crippen molar-refractivity contribution in [2.45, 2.75) is 19.4 Å². The highest BCUT2D eigenvalue weighted by Crippen LogP contribution is 2.28. The molecule has 0 radical (unpaired) electrons. The number of aromatic nitrogens is 4. The zero-order valence-electron chi connectivity index (χ0n) is 21.2. The van der Waals surface area contributed by atoms with Gasteiger partial charge in [-0.1, -0.05) is 24.3 Å². The number of imide groups is 1. The standard InChI is InChI=1S/C29H27N7O2S/c37-27-26(39-29(38)35-27)15-21-7-12-32-28(34-21)36-13-9-19(10-14-36)16-31-18-22-4-2-6-25(33-22)24-5-1-3-20-17-30-11-8-23(20)24/h1-8,11-12,15,17,19,31H,9-10,13-14,16,18H2,(H,35,37,38)/b26-15+. The molecule has 196 valence electrons. The van der Waals surface area contributed by atoms with Gasteiger partial charge in [0.25, 0.3) is 11.1 Å². The maximum Gasteiger partial charge on any atom is 0.290 e. The number of pyridine rings is 2. The maximum absolute atomic E-state index is 11.8. The Morgan fingerprint density at radius 2 is 1.90 bits per heavy atom. The predicted octanol–water partition coefficient (Wildman–Crippen LogP) is 4.42. The number of hydrogen-bond acceptors (Lipinski definition) is 9. The second-order valence-corrected chi connectivity index (χ2v) is 10.6. The number of benzene rings is 1. The number of carbonyl (C=O) groups excluding carboxylic acids is 2. The van der Waals surface area contributed by atoms with Crippen LogP contribution in [0.3, 0.4) is 0 Å². The van der Waals surface area contributed by atoms with Gasteiger partial charge in [0, 0.05) is 49.2 Å². The molecule has 0 bridgehead atoms. The molecule has 5 heterocycles. The summed E-state index contributed by atoms with van der Waals surface area (Å²) >= 11 is 0.890. The molecule has 0 saturated carbocycles. The highest BCUT2D eigenvalue weighted by molar-refractivity contribution is 8.18. The molecule has 0 unspecified atom stereocenters. The fraction of sp³-hybridized carbons (Fsp3) is 0.241. The molecule has 0 aliphatic carbocycles. The van der Waals surface area contributed by atoms with Crippen molar-refractivity contribution in [3.63, 3.8) is 0 Å². The number of hydrogen-bond donors (Lipinski definition) is 2. The van der Waals surface area contributed by atoms with Gasteiger partial charge >= 0.3 is 0 Å². The van der Waals surface area contributed by atoms with Crippen LogP contribution in [0.1, 0.15) is 24.2 Å². The SMILES string of the molecule is O=C1NC(=O)/C(=C\c2ccnc(N3CCC(CNCc4cccc(-c5cccc6cnccc56)n4)CC3)n2)S1. The van der Waals surface area contributed by atoms with Gasteiger partial charge in [0.05, 0.1) is 22.0 Å². The van der Waals surface area contributed by atoms with Gasteiger partial charge in [0.15, 0.2) is 0 Å². The van der Waals surface area contributed by atoms with E-state index < -0.39 is 0 Å². The van der Waals surface area contributed by atoms with Crippen LogP contribution in [0.2, 0.25) is 0 Å². The fourth-order valence-corrected chi connectivity index (χ4v) is 5.63. The van der Waals surface area contributed by atoms with E-state index in [0.717, 1.165) is 72.0 Å². The molecule has 3 aromatic heterocycles. The molecule has 2 fully saturated rings. The van der Waals surface area contributed by atoms with Crippen LogP contribution < -0.4 is 15.5 Å². The van der Waals surface area contributed by atoms with Gasteiger partial charge in [-0.05, 0) is 72.8 Å². The highest BCUT2D eigenvalue weighted by atomic mass is 32.2. The minimum Gasteiger partial charge on any atom is -0.341 e. The first kappa shape index (κ1) is 25.1. The first-order valence-electron chi connectivity index (χ1n) is 12.9. The molecule has 2 saturated heterocycles. The molecule has 2 N–H and O–H groups in total. The number of fused-ring (bicyclic) bond motifs is 1. The molecule has 39 heavy (non-hydrogen) atoms. The van der Waals surface area contributed by atoms with Crippen LogP contribution in [-0.2, 0) is 11.3 Å². The molecule has 2 amide bonds. The Morgan fingerprint density at radius 3 is 2.74 bits per heavy atom. The van der Waals surface area contributed by atoms with E-state index in [0.29, 0.717) is 29.0 Å². The van der Waals surface area contributed by atoms with Crippen molar-refractivity contribution in [3.05, 3.63) is 83.4 Å². The van der Waals surface area contributed by atoms with Crippen LogP contribution in [0.15, 0.2) is 72.0 Å². The number of thioether (sulfide) groups is 1. The zero-order chi connectivity index (χ0) is 26.6. The summed E-state index contributed by atoms with van der Waals surface area (Å²) in [6.45, 7) is 3.37. The number of nitrogens with one attached hydrogen (secondary N) is 2. The quantitative estimate of drug-likeness (QED) is 0.331. The van der Waals surface area contributed by atoms with E-state index in [1.165, 1.54) is 0 Å². The number of amides is 2. The predicted molar refractivity (Wildman–Crippen MR) is 153 cm³/mol. The molecule has 9 nitrogen and oxygen atoms in total. The number of carbonyl (C=O) groups is 2. The third kappa shape index (κ3) is 5.81. The molecule has 4 aromatic rings. The van der Waals surface area contributed by atoms with Crippen LogP contribution in [0.5, 0.6) is 0 Å². The normalized spacial score (nSPS) is 17.2. The Balaban J connectivity index is 1.02. The van der Waals surface area contributed by atoms with E-state index in [1.54, 1.807) is 18.3 Å². The van der Waals surface area contributed by atoms with Gasteiger partial charge in [-0.15, -0.1) is 0 Å². The smallest absolute Gasteiger partial charge is 0.290 e. The minimum absolute atomic E-state index is 0.351. The summed E-state index contributed by atoms with van der Waals surface area (Å²) in [5.41, 5.74) is 3.72. The summed E-state index contributed by atoms with van der Waals surface area (Å²) in [5.74, 6) is 0.826. The number of anilines is 1. The summed E-state index contributed by atoms with van der Waals surface area (Å²) < 4.78 is 0. The van der Waals surface area contributed by atoms with Crippen molar-refractivity contribution in [3.8, 4) is 11.3 Å². The van der Waals surface area contributed by atoms with Crippen molar-refractivity contribution in [2.75, 3.05) is 24.5 Å². The van der Waals surface area contributed by atoms with Crippen molar-refractivity contribution in [1.29, 1.82) is 0 Å². The lowest BCUT2D eigenvalue weighted by molar-refractivity contribution is -0.115. The second-order valence-electron chi connectivity index (χ2n) is 9.61. The molecule has 0 spiro atoms. The van der Waals surface area contributed by atoms with Crippen LogP contribution >= 0.6 is 11.8 Å². The van der Waals surface area contributed by atoms with E-state index in [9.17, 15) is 9.59 Å². The van der Waals surface area contributed by atoms with Crippen LogP contribution in [-0.4, -0.2) is 50.7 Å². The zero-order valence-corrected chi connectivity index (χ0v) is 22.0.